The number of fused-ring (bicyclic) bond motifs is 1. The van der Waals surface area contributed by atoms with Gasteiger partial charge in [0.25, 0.3) is 0 Å². The number of ether oxygens (including phenoxy) is 1. The van der Waals surface area contributed by atoms with E-state index in [-0.39, 0.29) is 12.0 Å². The van der Waals surface area contributed by atoms with Crippen LogP contribution in [0, 0.1) is 5.92 Å². The number of nitrogens with one attached hydrogen (secondary N) is 1. The molecule has 0 bridgehead atoms. The standard InChI is InChI=1S/C19H28N4O2/c1-25-15-6-4-13(5-7-15)19(24)23-10-2-3-17(23)18-21-12-14-11-20-9-8-16(14)22-18/h12-13,15,17,20H,2-11H2,1H3. The van der Waals surface area contributed by atoms with Crippen molar-refractivity contribution in [2.24, 2.45) is 5.92 Å². The molecule has 2 fully saturated rings. The molecule has 1 aromatic rings. The highest BCUT2D eigenvalue weighted by atomic mass is 16.5. The second-order valence-electron chi connectivity index (χ2n) is 7.53. The lowest BCUT2D eigenvalue weighted by Crippen LogP contribution is -2.38. The highest BCUT2D eigenvalue weighted by Crippen LogP contribution is 2.35. The Balaban J connectivity index is 1.48. The van der Waals surface area contributed by atoms with Crippen LogP contribution >= 0.6 is 0 Å². The summed E-state index contributed by atoms with van der Waals surface area (Å²) in [6, 6.07) is 0.0628. The minimum Gasteiger partial charge on any atom is -0.381 e. The summed E-state index contributed by atoms with van der Waals surface area (Å²) in [5.74, 6) is 1.30. The van der Waals surface area contributed by atoms with E-state index in [1.807, 2.05) is 6.20 Å². The van der Waals surface area contributed by atoms with E-state index in [1.54, 1.807) is 7.11 Å². The Morgan fingerprint density at radius 3 is 2.92 bits per heavy atom. The van der Waals surface area contributed by atoms with E-state index in [2.05, 4.69) is 15.2 Å². The molecule has 3 heterocycles. The minimum atomic E-state index is 0.0628. The van der Waals surface area contributed by atoms with Crippen LogP contribution in [-0.4, -0.2) is 47.1 Å². The molecule has 6 heteroatoms. The Bertz CT molecular complexity index is 628. The second kappa shape index (κ2) is 7.38. The summed E-state index contributed by atoms with van der Waals surface area (Å²) in [7, 11) is 1.77. The van der Waals surface area contributed by atoms with Crippen molar-refractivity contribution in [2.75, 3.05) is 20.2 Å². The fraction of sp³-hybridized carbons (Fsp3) is 0.737. The van der Waals surface area contributed by atoms with Gasteiger partial charge in [0.2, 0.25) is 5.91 Å². The summed E-state index contributed by atoms with van der Waals surface area (Å²) in [5, 5.41) is 3.35. The molecule has 25 heavy (non-hydrogen) atoms. The second-order valence-corrected chi connectivity index (χ2v) is 7.53. The van der Waals surface area contributed by atoms with Crippen molar-refractivity contribution >= 4 is 5.91 Å². The predicted octanol–water partition coefficient (Wildman–Crippen LogP) is 1.99. The molecule has 1 saturated heterocycles. The van der Waals surface area contributed by atoms with Gasteiger partial charge < -0.3 is 15.0 Å². The largest absolute Gasteiger partial charge is 0.381 e. The molecule has 3 aliphatic rings. The number of nitrogens with zero attached hydrogens (tertiary/aromatic N) is 3. The summed E-state index contributed by atoms with van der Waals surface area (Å²) in [6.07, 6.45) is 9.13. The zero-order chi connectivity index (χ0) is 17.2. The number of likely N-dealkylation sites (tertiary alicyclic amines) is 1. The maximum atomic E-state index is 13.1. The maximum Gasteiger partial charge on any atom is 0.226 e. The van der Waals surface area contributed by atoms with Gasteiger partial charge in [-0.15, -0.1) is 0 Å². The van der Waals surface area contributed by atoms with Crippen LogP contribution in [0.2, 0.25) is 0 Å². The van der Waals surface area contributed by atoms with Crippen LogP contribution in [0.4, 0.5) is 0 Å². The van der Waals surface area contributed by atoms with E-state index in [4.69, 9.17) is 9.72 Å². The Labute approximate surface area is 149 Å². The third-order valence-electron chi connectivity index (χ3n) is 6.02. The molecule has 1 unspecified atom stereocenters. The van der Waals surface area contributed by atoms with Gasteiger partial charge in [-0.3, -0.25) is 4.79 Å². The number of amides is 1. The lowest BCUT2D eigenvalue weighted by molar-refractivity contribution is -0.138. The third kappa shape index (κ3) is 3.42. The molecule has 0 radical (unpaired) electrons. The lowest BCUT2D eigenvalue weighted by atomic mass is 9.86. The molecule has 0 spiro atoms. The molecular weight excluding hydrogens is 316 g/mol. The number of hydrogen-bond acceptors (Lipinski definition) is 5. The summed E-state index contributed by atoms with van der Waals surface area (Å²) >= 11 is 0. The molecule has 2 aliphatic heterocycles. The smallest absolute Gasteiger partial charge is 0.226 e. The van der Waals surface area contributed by atoms with E-state index < -0.39 is 0 Å². The van der Waals surface area contributed by atoms with Gasteiger partial charge in [-0.25, -0.2) is 9.97 Å². The van der Waals surface area contributed by atoms with Gasteiger partial charge in [-0.1, -0.05) is 0 Å². The highest BCUT2D eigenvalue weighted by Gasteiger charge is 2.37. The van der Waals surface area contributed by atoms with Crippen LogP contribution in [0.25, 0.3) is 0 Å². The van der Waals surface area contributed by atoms with Crippen LogP contribution in [-0.2, 0) is 22.5 Å². The maximum absolute atomic E-state index is 13.1. The van der Waals surface area contributed by atoms with Crippen LogP contribution in [0.3, 0.4) is 0 Å². The minimum absolute atomic E-state index is 0.0628. The van der Waals surface area contributed by atoms with Crippen molar-refractivity contribution in [3.63, 3.8) is 0 Å². The van der Waals surface area contributed by atoms with Crippen LogP contribution in [0.15, 0.2) is 6.20 Å². The summed E-state index contributed by atoms with van der Waals surface area (Å²) in [5.41, 5.74) is 2.35. The van der Waals surface area contributed by atoms with Crippen molar-refractivity contribution in [1.82, 2.24) is 20.2 Å². The molecular formula is C19H28N4O2. The number of rotatable bonds is 3. The zero-order valence-corrected chi connectivity index (χ0v) is 15.0. The lowest BCUT2D eigenvalue weighted by Gasteiger charge is -2.32. The van der Waals surface area contributed by atoms with Gasteiger partial charge in [-0.2, -0.15) is 0 Å². The van der Waals surface area contributed by atoms with E-state index in [9.17, 15) is 4.79 Å². The Morgan fingerprint density at radius 1 is 1.28 bits per heavy atom. The molecule has 4 rings (SSSR count). The van der Waals surface area contributed by atoms with Crippen molar-refractivity contribution in [3.05, 3.63) is 23.3 Å². The monoisotopic (exact) mass is 344 g/mol. The van der Waals surface area contributed by atoms with Gasteiger partial charge >= 0.3 is 0 Å². The molecule has 136 valence electrons. The zero-order valence-electron chi connectivity index (χ0n) is 15.0. The first-order valence-corrected chi connectivity index (χ1v) is 9.65. The normalized spacial score (nSPS) is 29.5. The molecule has 0 aromatic carbocycles. The molecule has 1 N–H and O–H groups in total. The van der Waals surface area contributed by atoms with Crippen LogP contribution in [0.1, 0.15) is 61.6 Å². The first-order valence-electron chi connectivity index (χ1n) is 9.65. The molecule has 1 atom stereocenters. The Hall–Kier alpha value is -1.53. The van der Waals surface area contributed by atoms with Crippen LogP contribution in [0.5, 0.6) is 0 Å². The Kier molecular flexibility index (Phi) is 4.99. The van der Waals surface area contributed by atoms with E-state index in [0.29, 0.717) is 12.0 Å². The molecule has 1 aromatic heterocycles. The van der Waals surface area contributed by atoms with Gasteiger partial charge in [-0.05, 0) is 38.5 Å². The third-order valence-corrected chi connectivity index (χ3v) is 6.02. The first kappa shape index (κ1) is 16.9. The number of methoxy groups -OCH3 is 1. The van der Waals surface area contributed by atoms with Gasteiger partial charge in [0.15, 0.2) is 5.82 Å². The number of carbonyl (C=O) groups excluding carboxylic acids is 1. The topological polar surface area (TPSA) is 67.3 Å². The average Bonchev–Trinajstić information content (AvgIpc) is 3.17. The first-order chi connectivity index (χ1) is 12.3. The average molecular weight is 344 g/mol. The van der Waals surface area contributed by atoms with Gasteiger partial charge in [0.1, 0.15) is 0 Å². The van der Waals surface area contributed by atoms with E-state index in [1.165, 1.54) is 5.56 Å². The summed E-state index contributed by atoms with van der Waals surface area (Å²) in [6.45, 7) is 2.67. The highest BCUT2D eigenvalue weighted by molar-refractivity contribution is 5.79. The fourth-order valence-corrected chi connectivity index (χ4v) is 4.49. The quantitative estimate of drug-likeness (QED) is 0.908. The van der Waals surface area contributed by atoms with E-state index >= 15 is 0 Å². The van der Waals surface area contributed by atoms with Crippen molar-refractivity contribution in [3.8, 4) is 0 Å². The van der Waals surface area contributed by atoms with Crippen molar-refractivity contribution in [1.29, 1.82) is 0 Å². The number of hydrogen-bond donors (Lipinski definition) is 1. The number of carbonyl (C=O) groups is 1. The molecule has 1 saturated carbocycles. The fourth-order valence-electron chi connectivity index (χ4n) is 4.49. The van der Waals surface area contributed by atoms with Crippen LogP contribution < -0.4 is 5.32 Å². The SMILES string of the molecule is COC1CCC(C(=O)N2CCCC2c2ncc3c(n2)CCNC3)CC1. The van der Waals surface area contributed by atoms with Crippen molar-refractivity contribution < 1.29 is 9.53 Å². The predicted molar refractivity (Wildman–Crippen MR) is 93.9 cm³/mol. The van der Waals surface area contributed by atoms with Gasteiger partial charge in [0, 0.05) is 56.5 Å². The van der Waals surface area contributed by atoms with E-state index in [0.717, 1.165) is 76.1 Å². The van der Waals surface area contributed by atoms with Gasteiger partial charge in [0.05, 0.1) is 12.1 Å². The number of aromatic nitrogens is 2. The summed E-state index contributed by atoms with van der Waals surface area (Å²) in [4.78, 5) is 24.6. The summed E-state index contributed by atoms with van der Waals surface area (Å²) < 4.78 is 5.44. The Morgan fingerprint density at radius 2 is 2.12 bits per heavy atom. The molecule has 1 amide bonds. The van der Waals surface area contributed by atoms with Crippen molar-refractivity contribution in [2.45, 2.75) is 63.6 Å². The molecule has 6 nitrogen and oxygen atoms in total. The molecule has 1 aliphatic carbocycles.